The molecule has 6 nitrogen and oxygen atoms in total. The van der Waals surface area contributed by atoms with E-state index in [4.69, 9.17) is 23.2 Å². The Morgan fingerprint density at radius 2 is 1.68 bits per heavy atom. The lowest BCUT2D eigenvalue weighted by atomic mass is 10.1. The molecule has 0 saturated carbocycles. The highest BCUT2D eigenvalue weighted by Gasteiger charge is 2.22. The second kappa shape index (κ2) is 8.36. The van der Waals surface area contributed by atoms with E-state index in [2.05, 4.69) is 20.2 Å². The number of halogens is 2. The molecule has 0 bridgehead atoms. The van der Waals surface area contributed by atoms with Crippen LogP contribution in [0.15, 0.2) is 36.7 Å². The number of aromatic nitrogens is 2. The zero-order valence-electron chi connectivity index (χ0n) is 13.7. The lowest BCUT2D eigenvalue weighted by Gasteiger charge is -2.34. The molecule has 2 heterocycles. The number of carbonyl (C=O) groups excluding carboxylic acids is 1. The number of carbonyl (C=O) groups is 1. The van der Waals surface area contributed by atoms with Gasteiger partial charge in [-0.3, -0.25) is 0 Å². The molecule has 8 heteroatoms. The van der Waals surface area contributed by atoms with Crippen LogP contribution in [-0.2, 0) is 6.42 Å². The number of rotatable bonds is 4. The summed E-state index contributed by atoms with van der Waals surface area (Å²) in [5, 5.41) is 4.15. The van der Waals surface area contributed by atoms with E-state index in [0.29, 0.717) is 42.0 Å². The molecule has 132 valence electrons. The van der Waals surface area contributed by atoms with Gasteiger partial charge >= 0.3 is 6.03 Å². The third-order valence-electron chi connectivity index (χ3n) is 4.01. The first-order chi connectivity index (χ1) is 12.1. The summed E-state index contributed by atoms with van der Waals surface area (Å²) in [5.74, 6) is 0.709. The second-order valence-corrected chi connectivity index (χ2v) is 6.66. The Labute approximate surface area is 156 Å². The van der Waals surface area contributed by atoms with E-state index >= 15 is 0 Å². The average Bonchev–Trinajstić information content (AvgIpc) is 2.62. The number of urea groups is 1. The lowest BCUT2D eigenvalue weighted by Crippen LogP contribution is -2.52. The third-order valence-corrected chi connectivity index (χ3v) is 4.45. The fourth-order valence-corrected chi connectivity index (χ4v) is 3.32. The van der Waals surface area contributed by atoms with Crippen molar-refractivity contribution in [2.75, 3.05) is 37.6 Å². The van der Waals surface area contributed by atoms with E-state index < -0.39 is 0 Å². The molecule has 1 N–H and O–H groups in total. The van der Waals surface area contributed by atoms with Gasteiger partial charge in [-0.25, -0.2) is 14.8 Å². The van der Waals surface area contributed by atoms with Gasteiger partial charge < -0.3 is 15.1 Å². The Hall–Kier alpha value is -2.05. The Morgan fingerprint density at radius 1 is 1.04 bits per heavy atom. The van der Waals surface area contributed by atoms with Crippen molar-refractivity contribution in [1.29, 1.82) is 0 Å². The third kappa shape index (κ3) is 4.96. The molecule has 0 radical (unpaired) electrons. The number of piperazine rings is 1. The highest BCUT2D eigenvalue weighted by Crippen LogP contribution is 2.19. The quantitative estimate of drug-likeness (QED) is 0.886. The molecule has 25 heavy (non-hydrogen) atoms. The molecular formula is C17H19Cl2N5O. The molecule has 0 spiro atoms. The van der Waals surface area contributed by atoms with E-state index in [0.717, 1.165) is 18.7 Å². The molecule has 1 aromatic heterocycles. The highest BCUT2D eigenvalue weighted by atomic mass is 35.5. The first kappa shape index (κ1) is 17.8. The Kier molecular flexibility index (Phi) is 5.94. The van der Waals surface area contributed by atoms with Crippen LogP contribution in [0.2, 0.25) is 10.0 Å². The standard InChI is InChI=1S/C17H19Cl2N5O/c18-14-10-13(11-15(19)12-14)2-5-22-17(25)24-8-6-23(7-9-24)16-20-3-1-4-21-16/h1,3-4,10-12H,2,5-9H2,(H,22,25). The van der Waals surface area contributed by atoms with Crippen molar-refractivity contribution < 1.29 is 4.79 Å². The van der Waals surface area contributed by atoms with E-state index in [1.807, 2.05) is 17.0 Å². The minimum atomic E-state index is -0.0539. The van der Waals surface area contributed by atoms with Crippen molar-refractivity contribution in [1.82, 2.24) is 20.2 Å². The number of hydrogen-bond acceptors (Lipinski definition) is 4. The van der Waals surface area contributed by atoms with Gasteiger partial charge in [0.1, 0.15) is 0 Å². The summed E-state index contributed by atoms with van der Waals surface area (Å²) in [7, 11) is 0. The first-order valence-corrected chi connectivity index (χ1v) is 8.87. The molecule has 1 aliphatic rings. The summed E-state index contributed by atoms with van der Waals surface area (Å²) in [4.78, 5) is 24.7. The zero-order chi connectivity index (χ0) is 17.6. The maximum atomic E-state index is 12.3. The molecule has 1 aromatic carbocycles. The van der Waals surface area contributed by atoms with Gasteiger partial charge in [0, 0.05) is 55.2 Å². The minimum Gasteiger partial charge on any atom is -0.338 e. The number of anilines is 1. The topological polar surface area (TPSA) is 61.4 Å². The number of nitrogens with one attached hydrogen (secondary N) is 1. The van der Waals surface area contributed by atoms with Gasteiger partial charge in [0.25, 0.3) is 0 Å². The van der Waals surface area contributed by atoms with Gasteiger partial charge in [0.15, 0.2) is 0 Å². The smallest absolute Gasteiger partial charge is 0.317 e. The summed E-state index contributed by atoms with van der Waals surface area (Å²) in [6.07, 6.45) is 4.14. The Morgan fingerprint density at radius 3 is 2.32 bits per heavy atom. The summed E-state index contributed by atoms with van der Waals surface area (Å²) >= 11 is 12.0. The molecule has 2 aromatic rings. The van der Waals surface area contributed by atoms with Crippen LogP contribution in [0.5, 0.6) is 0 Å². The summed E-state index contributed by atoms with van der Waals surface area (Å²) in [5.41, 5.74) is 1.00. The van der Waals surface area contributed by atoms with Crippen molar-refractivity contribution in [3.05, 3.63) is 52.3 Å². The predicted molar refractivity (Wildman–Crippen MR) is 99.4 cm³/mol. The number of nitrogens with zero attached hydrogens (tertiary/aromatic N) is 4. The van der Waals surface area contributed by atoms with E-state index in [1.165, 1.54) is 0 Å². The van der Waals surface area contributed by atoms with Crippen molar-refractivity contribution in [2.24, 2.45) is 0 Å². The molecule has 2 amide bonds. The fourth-order valence-electron chi connectivity index (χ4n) is 2.74. The normalized spacial score (nSPS) is 14.5. The predicted octanol–water partition coefficient (Wildman–Crippen LogP) is 2.86. The maximum absolute atomic E-state index is 12.3. The van der Waals surface area contributed by atoms with Gasteiger partial charge in [-0.1, -0.05) is 23.2 Å². The lowest BCUT2D eigenvalue weighted by molar-refractivity contribution is 0.194. The fraction of sp³-hybridized carbons (Fsp3) is 0.353. The molecule has 1 saturated heterocycles. The van der Waals surface area contributed by atoms with Crippen LogP contribution in [0.1, 0.15) is 5.56 Å². The monoisotopic (exact) mass is 379 g/mol. The molecule has 0 atom stereocenters. The van der Waals surface area contributed by atoms with Crippen LogP contribution in [0, 0.1) is 0 Å². The largest absolute Gasteiger partial charge is 0.338 e. The maximum Gasteiger partial charge on any atom is 0.317 e. The summed E-state index contributed by atoms with van der Waals surface area (Å²) < 4.78 is 0. The van der Waals surface area contributed by atoms with E-state index in [1.54, 1.807) is 24.5 Å². The van der Waals surface area contributed by atoms with Crippen LogP contribution in [0.25, 0.3) is 0 Å². The van der Waals surface area contributed by atoms with Crippen molar-refractivity contribution in [3.63, 3.8) is 0 Å². The number of hydrogen-bond donors (Lipinski definition) is 1. The van der Waals surface area contributed by atoms with Crippen molar-refractivity contribution in [2.45, 2.75) is 6.42 Å². The molecule has 1 fully saturated rings. The average molecular weight is 380 g/mol. The van der Waals surface area contributed by atoms with Crippen LogP contribution in [0.4, 0.5) is 10.7 Å². The zero-order valence-corrected chi connectivity index (χ0v) is 15.2. The van der Waals surface area contributed by atoms with E-state index in [9.17, 15) is 4.79 Å². The highest BCUT2D eigenvalue weighted by molar-refractivity contribution is 6.34. The van der Waals surface area contributed by atoms with Gasteiger partial charge in [-0.05, 0) is 36.2 Å². The van der Waals surface area contributed by atoms with Crippen LogP contribution in [0.3, 0.4) is 0 Å². The van der Waals surface area contributed by atoms with Crippen LogP contribution >= 0.6 is 23.2 Å². The molecule has 0 unspecified atom stereocenters. The molecular weight excluding hydrogens is 361 g/mol. The van der Waals surface area contributed by atoms with Crippen molar-refractivity contribution >= 4 is 35.2 Å². The number of benzene rings is 1. The van der Waals surface area contributed by atoms with Gasteiger partial charge in [0.2, 0.25) is 5.95 Å². The van der Waals surface area contributed by atoms with Crippen molar-refractivity contribution in [3.8, 4) is 0 Å². The SMILES string of the molecule is O=C(NCCc1cc(Cl)cc(Cl)c1)N1CCN(c2ncccn2)CC1. The Bertz CT molecular complexity index is 700. The number of amides is 2. The molecule has 0 aliphatic carbocycles. The van der Waals surface area contributed by atoms with Crippen LogP contribution < -0.4 is 10.2 Å². The Balaban J connectivity index is 1.43. The molecule has 3 rings (SSSR count). The minimum absolute atomic E-state index is 0.0539. The summed E-state index contributed by atoms with van der Waals surface area (Å²) in [6.45, 7) is 3.28. The van der Waals surface area contributed by atoms with Gasteiger partial charge in [0.05, 0.1) is 0 Å². The van der Waals surface area contributed by atoms with Gasteiger partial charge in [-0.15, -0.1) is 0 Å². The van der Waals surface area contributed by atoms with Crippen LogP contribution in [-0.4, -0.2) is 53.6 Å². The first-order valence-electron chi connectivity index (χ1n) is 8.11. The van der Waals surface area contributed by atoms with Gasteiger partial charge in [-0.2, -0.15) is 0 Å². The summed E-state index contributed by atoms with van der Waals surface area (Å²) in [6, 6.07) is 7.15. The van der Waals surface area contributed by atoms with E-state index in [-0.39, 0.29) is 6.03 Å². The second-order valence-electron chi connectivity index (χ2n) is 5.78. The molecule has 1 aliphatic heterocycles.